The van der Waals surface area contributed by atoms with Crippen molar-refractivity contribution >= 4 is 11.8 Å². The predicted octanol–water partition coefficient (Wildman–Crippen LogP) is 7.63. The monoisotopic (exact) mass is 352 g/mol. The molecule has 2 aromatic carbocycles. The van der Waals surface area contributed by atoms with Crippen LogP contribution in [0, 0.1) is 0 Å². The molecule has 1 fully saturated rings. The summed E-state index contributed by atoms with van der Waals surface area (Å²) in [5, 5.41) is 0.802. The molecule has 3 rings (SSSR count). The van der Waals surface area contributed by atoms with Gasteiger partial charge in [-0.3, -0.25) is 0 Å². The molecule has 134 valence electrons. The van der Waals surface area contributed by atoms with Gasteiger partial charge in [0.05, 0.1) is 0 Å². The number of hydrogen-bond acceptors (Lipinski definition) is 1. The summed E-state index contributed by atoms with van der Waals surface area (Å²) in [6.07, 6.45) is 12.1. The summed E-state index contributed by atoms with van der Waals surface area (Å²) in [6.45, 7) is 2.28. The van der Waals surface area contributed by atoms with E-state index in [-0.39, 0.29) is 0 Å². The Hall–Kier alpha value is -1.21. The Morgan fingerprint density at radius 3 is 2.20 bits per heavy atom. The number of unbranched alkanes of at least 4 members (excludes halogenated alkanes) is 3. The standard InChI is InChI=1S/C24H32S/c1-2-3-4-6-9-20-12-14-21(15-13-20)22-16-18-24(19-17-22)25-23-10-7-5-8-11-23/h5,7-8,10-15,22,24H,2-4,6,9,16-19H2,1H3. The summed E-state index contributed by atoms with van der Waals surface area (Å²) in [6, 6.07) is 20.5. The fraction of sp³-hybridized carbons (Fsp3) is 0.500. The number of hydrogen-bond donors (Lipinski definition) is 0. The molecule has 0 bridgehead atoms. The molecule has 1 aliphatic rings. The zero-order chi connectivity index (χ0) is 17.3. The van der Waals surface area contributed by atoms with E-state index in [4.69, 9.17) is 0 Å². The van der Waals surface area contributed by atoms with Crippen molar-refractivity contribution in [3.05, 3.63) is 65.7 Å². The lowest BCUT2D eigenvalue weighted by Gasteiger charge is -2.28. The first-order valence-corrected chi connectivity index (χ1v) is 11.0. The average Bonchev–Trinajstić information content (AvgIpc) is 2.67. The summed E-state index contributed by atoms with van der Waals surface area (Å²) in [4.78, 5) is 1.43. The Morgan fingerprint density at radius 1 is 0.800 bits per heavy atom. The molecule has 0 nitrogen and oxygen atoms in total. The maximum absolute atomic E-state index is 2.41. The summed E-state index contributed by atoms with van der Waals surface area (Å²) >= 11 is 2.08. The molecule has 2 aromatic rings. The molecule has 0 unspecified atom stereocenters. The molecular formula is C24H32S. The van der Waals surface area contributed by atoms with E-state index in [0.29, 0.717) is 0 Å². The fourth-order valence-electron chi connectivity index (χ4n) is 3.92. The van der Waals surface area contributed by atoms with Crippen molar-refractivity contribution in [2.45, 2.75) is 80.8 Å². The van der Waals surface area contributed by atoms with Gasteiger partial charge in [-0.15, -0.1) is 11.8 Å². The lowest BCUT2D eigenvalue weighted by atomic mass is 9.83. The molecule has 0 radical (unpaired) electrons. The Morgan fingerprint density at radius 2 is 1.52 bits per heavy atom. The van der Waals surface area contributed by atoms with Crippen LogP contribution in [0.2, 0.25) is 0 Å². The molecule has 25 heavy (non-hydrogen) atoms. The van der Waals surface area contributed by atoms with E-state index in [9.17, 15) is 0 Å². The minimum absolute atomic E-state index is 0.779. The summed E-state index contributed by atoms with van der Waals surface area (Å²) in [7, 11) is 0. The Kier molecular flexibility index (Phi) is 7.48. The van der Waals surface area contributed by atoms with E-state index in [2.05, 4.69) is 73.3 Å². The first-order chi connectivity index (χ1) is 12.3. The second-order valence-corrected chi connectivity index (χ2v) is 8.83. The Bertz CT molecular complexity index is 594. The molecule has 0 saturated heterocycles. The van der Waals surface area contributed by atoms with Crippen LogP contribution in [0.1, 0.15) is 75.3 Å². The molecule has 0 spiro atoms. The van der Waals surface area contributed by atoms with Crippen LogP contribution in [0.4, 0.5) is 0 Å². The van der Waals surface area contributed by atoms with E-state index in [0.717, 1.165) is 11.2 Å². The molecule has 1 aliphatic carbocycles. The molecule has 0 atom stereocenters. The van der Waals surface area contributed by atoms with Gasteiger partial charge in [0.25, 0.3) is 0 Å². The van der Waals surface area contributed by atoms with Gasteiger partial charge < -0.3 is 0 Å². The molecule has 1 saturated carbocycles. The minimum atomic E-state index is 0.779. The third kappa shape index (κ3) is 5.92. The van der Waals surface area contributed by atoms with Crippen LogP contribution in [0.3, 0.4) is 0 Å². The maximum Gasteiger partial charge on any atom is 0.00948 e. The fourth-order valence-corrected chi connectivity index (χ4v) is 5.12. The summed E-state index contributed by atoms with van der Waals surface area (Å²) in [5.74, 6) is 0.779. The van der Waals surface area contributed by atoms with Crippen molar-refractivity contribution in [1.29, 1.82) is 0 Å². The molecule has 0 N–H and O–H groups in total. The largest absolute Gasteiger partial charge is 0.123 e. The smallest absolute Gasteiger partial charge is 0.00948 e. The summed E-state index contributed by atoms with van der Waals surface area (Å²) in [5.41, 5.74) is 3.09. The minimum Gasteiger partial charge on any atom is -0.123 e. The van der Waals surface area contributed by atoms with Crippen molar-refractivity contribution in [3.8, 4) is 0 Å². The van der Waals surface area contributed by atoms with Gasteiger partial charge in [0.1, 0.15) is 0 Å². The summed E-state index contributed by atoms with van der Waals surface area (Å²) < 4.78 is 0. The SMILES string of the molecule is CCCCCCc1ccc(C2CCC(Sc3ccccc3)CC2)cc1. The lowest BCUT2D eigenvalue weighted by molar-refractivity contribution is 0.453. The molecule has 0 aromatic heterocycles. The first kappa shape index (κ1) is 18.6. The van der Waals surface area contributed by atoms with E-state index >= 15 is 0 Å². The van der Waals surface area contributed by atoms with Gasteiger partial charge in [0, 0.05) is 10.1 Å². The van der Waals surface area contributed by atoms with Crippen LogP contribution in [-0.2, 0) is 6.42 Å². The van der Waals surface area contributed by atoms with E-state index in [1.54, 1.807) is 5.56 Å². The third-order valence-electron chi connectivity index (χ3n) is 5.49. The van der Waals surface area contributed by atoms with Gasteiger partial charge in [0.15, 0.2) is 0 Å². The van der Waals surface area contributed by atoms with Crippen LogP contribution in [0.25, 0.3) is 0 Å². The molecule has 0 aliphatic heterocycles. The number of aryl methyl sites for hydroxylation is 1. The Balaban J connectivity index is 1.44. The van der Waals surface area contributed by atoms with Gasteiger partial charge in [0.2, 0.25) is 0 Å². The highest BCUT2D eigenvalue weighted by Crippen LogP contribution is 2.39. The maximum atomic E-state index is 2.41. The van der Waals surface area contributed by atoms with Gasteiger partial charge >= 0.3 is 0 Å². The normalized spacial score (nSPS) is 20.5. The van der Waals surface area contributed by atoms with E-state index in [1.807, 2.05) is 0 Å². The molecular weight excluding hydrogens is 320 g/mol. The van der Waals surface area contributed by atoms with Crippen molar-refractivity contribution in [1.82, 2.24) is 0 Å². The van der Waals surface area contributed by atoms with Crippen molar-refractivity contribution in [3.63, 3.8) is 0 Å². The topological polar surface area (TPSA) is 0 Å². The lowest BCUT2D eigenvalue weighted by Crippen LogP contribution is -2.15. The van der Waals surface area contributed by atoms with Crippen molar-refractivity contribution < 1.29 is 0 Å². The van der Waals surface area contributed by atoms with Gasteiger partial charge in [-0.2, -0.15) is 0 Å². The average molecular weight is 353 g/mol. The highest BCUT2D eigenvalue weighted by atomic mass is 32.2. The van der Waals surface area contributed by atoms with Crippen LogP contribution in [-0.4, -0.2) is 5.25 Å². The predicted molar refractivity (Wildman–Crippen MR) is 112 cm³/mol. The van der Waals surface area contributed by atoms with Crippen LogP contribution >= 0.6 is 11.8 Å². The number of benzene rings is 2. The van der Waals surface area contributed by atoms with Gasteiger partial charge in [-0.25, -0.2) is 0 Å². The second-order valence-electron chi connectivity index (χ2n) is 7.46. The van der Waals surface area contributed by atoms with E-state index in [1.165, 1.54) is 68.2 Å². The Labute approximate surface area is 158 Å². The zero-order valence-electron chi connectivity index (χ0n) is 15.6. The van der Waals surface area contributed by atoms with Crippen LogP contribution in [0.15, 0.2) is 59.5 Å². The highest BCUT2D eigenvalue weighted by molar-refractivity contribution is 8.00. The highest BCUT2D eigenvalue weighted by Gasteiger charge is 2.22. The van der Waals surface area contributed by atoms with E-state index < -0.39 is 0 Å². The number of thioether (sulfide) groups is 1. The van der Waals surface area contributed by atoms with Crippen LogP contribution < -0.4 is 0 Å². The van der Waals surface area contributed by atoms with Crippen molar-refractivity contribution in [2.75, 3.05) is 0 Å². The quantitative estimate of drug-likeness (QED) is 0.440. The second kappa shape index (κ2) is 10.1. The number of rotatable bonds is 8. The first-order valence-electron chi connectivity index (χ1n) is 10.2. The molecule has 1 heteroatoms. The van der Waals surface area contributed by atoms with Crippen molar-refractivity contribution in [2.24, 2.45) is 0 Å². The van der Waals surface area contributed by atoms with Crippen LogP contribution in [0.5, 0.6) is 0 Å². The molecule has 0 amide bonds. The zero-order valence-corrected chi connectivity index (χ0v) is 16.4. The molecule has 0 heterocycles. The van der Waals surface area contributed by atoms with Gasteiger partial charge in [-0.05, 0) is 67.7 Å². The third-order valence-corrected chi connectivity index (χ3v) is 6.84. The van der Waals surface area contributed by atoms with Gasteiger partial charge in [-0.1, -0.05) is 68.7 Å².